The van der Waals surface area contributed by atoms with Crippen LogP contribution in [0.1, 0.15) is 41.0 Å². The minimum Gasteiger partial charge on any atom is -0.386 e. The summed E-state index contributed by atoms with van der Waals surface area (Å²) in [6.45, 7) is 9.09. The topological polar surface area (TPSA) is 37.3 Å². The van der Waals surface area contributed by atoms with Crippen molar-refractivity contribution in [2.75, 3.05) is 0 Å². The summed E-state index contributed by atoms with van der Waals surface area (Å²) < 4.78 is 0. The third kappa shape index (κ3) is 4.83. The van der Waals surface area contributed by atoms with Gasteiger partial charge in [0.2, 0.25) is 0 Å². The molecular weight excluding hydrogens is 164 g/mol. The average Bonchev–Trinajstić information content (AvgIpc) is 1.81. The largest absolute Gasteiger partial charge is 0.386 e. The van der Waals surface area contributed by atoms with E-state index < -0.39 is 5.60 Å². The highest BCUT2D eigenvalue weighted by molar-refractivity contribution is 5.77. The van der Waals surface area contributed by atoms with Gasteiger partial charge < -0.3 is 5.11 Å². The van der Waals surface area contributed by atoms with Crippen molar-refractivity contribution in [1.82, 2.24) is 0 Å². The summed E-state index contributed by atoms with van der Waals surface area (Å²) in [5.74, 6) is 0.404. The second-order valence-electron chi connectivity index (χ2n) is 4.28. The van der Waals surface area contributed by atoms with Gasteiger partial charge >= 0.3 is 0 Å². The van der Waals surface area contributed by atoms with Gasteiger partial charge in [-0.2, -0.15) is 0 Å². The maximum Gasteiger partial charge on any atom is 0.133 e. The Labute approximate surface area is 80.7 Å². The lowest BCUT2D eigenvalue weighted by molar-refractivity contribution is -0.116. The summed E-state index contributed by atoms with van der Waals surface area (Å²) in [7, 11) is 0. The second-order valence-corrected chi connectivity index (χ2v) is 4.28. The first kappa shape index (κ1) is 12.4. The molecular formula is C11H20O2. The van der Waals surface area contributed by atoms with Crippen LogP contribution in [0.25, 0.3) is 0 Å². The van der Waals surface area contributed by atoms with Gasteiger partial charge in [-0.1, -0.05) is 19.9 Å². The smallest absolute Gasteiger partial charge is 0.133 e. The molecule has 0 aromatic heterocycles. The minimum absolute atomic E-state index is 0.127. The van der Waals surface area contributed by atoms with E-state index in [1.54, 1.807) is 20.8 Å². The highest BCUT2D eigenvalue weighted by Crippen LogP contribution is 2.23. The normalized spacial score (nSPS) is 13.6. The van der Waals surface area contributed by atoms with Crippen LogP contribution in [0.3, 0.4) is 0 Å². The highest BCUT2D eigenvalue weighted by Gasteiger charge is 2.21. The van der Waals surface area contributed by atoms with E-state index >= 15 is 0 Å². The molecule has 0 aromatic rings. The Bertz CT molecular complexity index is 207. The van der Waals surface area contributed by atoms with Crippen molar-refractivity contribution in [2.45, 2.75) is 46.6 Å². The van der Waals surface area contributed by atoms with Crippen LogP contribution in [0, 0.1) is 5.92 Å². The van der Waals surface area contributed by atoms with Crippen molar-refractivity contribution < 1.29 is 9.90 Å². The molecule has 0 aliphatic carbocycles. The van der Waals surface area contributed by atoms with Crippen LogP contribution in [0.2, 0.25) is 0 Å². The van der Waals surface area contributed by atoms with E-state index in [1.807, 2.05) is 19.9 Å². The van der Waals surface area contributed by atoms with Gasteiger partial charge in [0.1, 0.15) is 5.78 Å². The SMILES string of the molecule is CC(=O)CC=C(C(C)C)C(C)(C)O. The predicted octanol–water partition coefficient (Wildman–Crippen LogP) is 2.32. The Hall–Kier alpha value is -0.630. The fraction of sp³-hybridized carbons (Fsp3) is 0.727. The fourth-order valence-electron chi connectivity index (χ4n) is 1.45. The summed E-state index contributed by atoms with van der Waals surface area (Å²) in [6.07, 6.45) is 2.25. The maximum absolute atomic E-state index is 10.8. The first-order valence-electron chi connectivity index (χ1n) is 4.67. The van der Waals surface area contributed by atoms with Crippen molar-refractivity contribution >= 4 is 5.78 Å². The van der Waals surface area contributed by atoms with Gasteiger partial charge in [0.25, 0.3) is 0 Å². The Morgan fingerprint density at radius 1 is 1.46 bits per heavy atom. The summed E-state index contributed by atoms with van der Waals surface area (Å²) in [4.78, 5) is 10.8. The number of allylic oxidation sites excluding steroid dienone is 1. The zero-order valence-electron chi connectivity index (χ0n) is 9.22. The summed E-state index contributed by atoms with van der Waals surface area (Å²) >= 11 is 0. The van der Waals surface area contributed by atoms with Gasteiger partial charge in [0.15, 0.2) is 0 Å². The van der Waals surface area contributed by atoms with Crippen LogP contribution in [-0.4, -0.2) is 16.5 Å². The number of aliphatic hydroxyl groups is 1. The van der Waals surface area contributed by atoms with Gasteiger partial charge in [-0.15, -0.1) is 0 Å². The van der Waals surface area contributed by atoms with E-state index in [4.69, 9.17) is 0 Å². The molecule has 0 saturated heterocycles. The molecule has 0 aliphatic heterocycles. The molecule has 0 fully saturated rings. The molecule has 0 aliphatic rings. The first-order valence-corrected chi connectivity index (χ1v) is 4.67. The number of hydrogen-bond acceptors (Lipinski definition) is 2. The van der Waals surface area contributed by atoms with Crippen LogP contribution in [0.15, 0.2) is 11.6 Å². The fourth-order valence-corrected chi connectivity index (χ4v) is 1.45. The lowest BCUT2D eigenvalue weighted by Gasteiger charge is -2.25. The van der Waals surface area contributed by atoms with Crippen LogP contribution in [0.4, 0.5) is 0 Å². The van der Waals surface area contributed by atoms with E-state index in [0.717, 1.165) is 5.57 Å². The Morgan fingerprint density at radius 2 is 1.92 bits per heavy atom. The molecule has 0 unspecified atom stereocenters. The minimum atomic E-state index is -0.816. The zero-order valence-corrected chi connectivity index (χ0v) is 9.22. The lowest BCUT2D eigenvalue weighted by atomic mass is 9.88. The van der Waals surface area contributed by atoms with Crippen molar-refractivity contribution in [2.24, 2.45) is 5.92 Å². The average molecular weight is 184 g/mol. The van der Waals surface area contributed by atoms with Crippen molar-refractivity contribution in [3.05, 3.63) is 11.6 Å². The van der Waals surface area contributed by atoms with Gasteiger partial charge in [-0.25, -0.2) is 0 Å². The number of carbonyl (C=O) groups is 1. The van der Waals surface area contributed by atoms with Crippen molar-refractivity contribution in [1.29, 1.82) is 0 Å². The van der Waals surface area contributed by atoms with Gasteiger partial charge in [-0.05, 0) is 32.3 Å². The molecule has 2 heteroatoms. The Kier molecular flexibility index (Phi) is 4.34. The predicted molar refractivity (Wildman–Crippen MR) is 54.5 cm³/mol. The van der Waals surface area contributed by atoms with Crippen LogP contribution >= 0.6 is 0 Å². The number of Topliss-reactive ketones (excluding diaryl/α,β-unsaturated/α-hetero) is 1. The molecule has 0 atom stereocenters. The third-order valence-corrected chi connectivity index (χ3v) is 1.94. The molecule has 0 bridgehead atoms. The molecule has 0 spiro atoms. The van der Waals surface area contributed by atoms with E-state index in [-0.39, 0.29) is 11.7 Å². The lowest BCUT2D eigenvalue weighted by Crippen LogP contribution is -2.25. The van der Waals surface area contributed by atoms with Crippen molar-refractivity contribution in [3.63, 3.8) is 0 Å². The van der Waals surface area contributed by atoms with Crippen LogP contribution in [-0.2, 0) is 4.79 Å². The Balaban J connectivity index is 4.62. The molecule has 0 amide bonds. The number of carbonyl (C=O) groups excluding carboxylic acids is 1. The monoisotopic (exact) mass is 184 g/mol. The van der Waals surface area contributed by atoms with E-state index in [9.17, 15) is 9.90 Å². The number of hydrogen-bond donors (Lipinski definition) is 1. The third-order valence-electron chi connectivity index (χ3n) is 1.94. The molecule has 0 radical (unpaired) electrons. The van der Waals surface area contributed by atoms with Gasteiger partial charge in [0.05, 0.1) is 5.60 Å². The molecule has 0 heterocycles. The molecule has 76 valence electrons. The van der Waals surface area contributed by atoms with E-state index in [2.05, 4.69) is 0 Å². The van der Waals surface area contributed by atoms with Crippen molar-refractivity contribution in [3.8, 4) is 0 Å². The molecule has 0 aromatic carbocycles. The second kappa shape index (κ2) is 4.56. The molecule has 13 heavy (non-hydrogen) atoms. The number of ketones is 1. The highest BCUT2D eigenvalue weighted by atomic mass is 16.3. The molecule has 0 rings (SSSR count). The quantitative estimate of drug-likeness (QED) is 0.681. The summed E-state index contributed by atoms with van der Waals surface area (Å²) in [5, 5.41) is 9.78. The zero-order chi connectivity index (χ0) is 10.6. The molecule has 1 N–H and O–H groups in total. The van der Waals surface area contributed by atoms with Gasteiger partial charge in [0, 0.05) is 6.42 Å². The number of rotatable bonds is 4. The summed E-state index contributed by atoms with van der Waals surface area (Å²) in [5.41, 5.74) is 0.117. The molecule has 2 nitrogen and oxygen atoms in total. The van der Waals surface area contributed by atoms with E-state index in [0.29, 0.717) is 6.42 Å². The van der Waals surface area contributed by atoms with E-state index in [1.165, 1.54) is 0 Å². The summed E-state index contributed by atoms with van der Waals surface area (Å²) in [6, 6.07) is 0. The van der Waals surface area contributed by atoms with Gasteiger partial charge in [-0.3, -0.25) is 4.79 Å². The standard InChI is InChI=1S/C11H20O2/c1-8(2)10(11(4,5)13)7-6-9(3)12/h7-8,13H,6H2,1-5H3. The van der Waals surface area contributed by atoms with Crippen LogP contribution < -0.4 is 0 Å². The molecule has 0 saturated carbocycles. The maximum atomic E-state index is 10.8. The van der Waals surface area contributed by atoms with Crippen LogP contribution in [0.5, 0.6) is 0 Å². The Morgan fingerprint density at radius 3 is 2.15 bits per heavy atom. The first-order chi connectivity index (χ1) is 5.75.